The van der Waals surface area contributed by atoms with E-state index in [1.165, 1.54) is 24.3 Å². The van der Waals surface area contributed by atoms with E-state index < -0.39 is 16.7 Å². The van der Waals surface area contributed by atoms with Gasteiger partial charge in [-0.15, -0.1) is 0 Å². The summed E-state index contributed by atoms with van der Waals surface area (Å²) in [7, 11) is 0. The van der Waals surface area contributed by atoms with Gasteiger partial charge in [-0.1, -0.05) is 5.16 Å². The number of rotatable bonds is 3. The number of non-ortho nitro benzene ring substituents is 1. The fourth-order valence-corrected chi connectivity index (χ4v) is 1.79. The summed E-state index contributed by atoms with van der Waals surface area (Å²) in [5.74, 6) is -0.832. The molecular formula is C13H12N4O5. The van der Waals surface area contributed by atoms with E-state index in [1.54, 1.807) is 13.8 Å². The lowest BCUT2D eigenvalue weighted by atomic mass is 10.2. The maximum absolute atomic E-state index is 11.9. The summed E-state index contributed by atoms with van der Waals surface area (Å²) in [6.45, 7) is 3.18. The maximum Gasteiger partial charge on any atom is 0.275 e. The van der Waals surface area contributed by atoms with Crippen LogP contribution in [0.5, 0.6) is 0 Å². The molecule has 0 saturated carbocycles. The van der Waals surface area contributed by atoms with Gasteiger partial charge >= 0.3 is 0 Å². The molecule has 0 fully saturated rings. The van der Waals surface area contributed by atoms with Crippen LogP contribution in [0.25, 0.3) is 0 Å². The predicted octanol–water partition coefficient (Wildman–Crippen LogP) is 1.27. The Balaban J connectivity index is 2.01. The van der Waals surface area contributed by atoms with Crippen LogP contribution in [0.3, 0.4) is 0 Å². The molecule has 2 aromatic rings. The number of carbonyl (C=O) groups is 2. The third-order valence-corrected chi connectivity index (χ3v) is 2.89. The van der Waals surface area contributed by atoms with Gasteiger partial charge in [-0.05, 0) is 26.0 Å². The van der Waals surface area contributed by atoms with Gasteiger partial charge in [0.05, 0.1) is 10.6 Å². The molecule has 9 nitrogen and oxygen atoms in total. The van der Waals surface area contributed by atoms with Gasteiger partial charge in [-0.3, -0.25) is 30.6 Å². The van der Waals surface area contributed by atoms with Crippen molar-refractivity contribution >= 4 is 17.5 Å². The summed E-state index contributed by atoms with van der Waals surface area (Å²) < 4.78 is 4.86. The molecule has 2 amide bonds. The van der Waals surface area contributed by atoms with E-state index in [2.05, 4.69) is 16.0 Å². The van der Waals surface area contributed by atoms with Crippen molar-refractivity contribution in [3.8, 4) is 0 Å². The van der Waals surface area contributed by atoms with Gasteiger partial charge in [0, 0.05) is 17.7 Å². The zero-order valence-corrected chi connectivity index (χ0v) is 11.7. The van der Waals surface area contributed by atoms with E-state index >= 15 is 0 Å². The van der Waals surface area contributed by atoms with Crippen molar-refractivity contribution in [1.29, 1.82) is 0 Å². The van der Waals surface area contributed by atoms with Gasteiger partial charge in [0.25, 0.3) is 17.5 Å². The van der Waals surface area contributed by atoms with Crippen LogP contribution in [0.2, 0.25) is 0 Å². The average Bonchev–Trinajstić information content (AvgIpc) is 2.83. The predicted molar refractivity (Wildman–Crippen MR) is 74.0 cm³/mol. The lowest BCUT2D eigenvalue weighted by molar-refractivity contribution is -0.384. The number of nitrogens with one attached hydrogen (secondary N) is 2. The fraction of sp³-hybridized carbons (Fsp3) is 0.154. The summed E-state index contributed by atoms with van der Waals surface area (Å²) in [5, 5.41) is 14.2. The number of nitro benzene ring substituents is 1. The first-order valence-electron chi connectivity index (χ1n) is 6.18. The van der Waals surface area contributed by atoms with E-state index in [4.69, 9.17) is 4.52 Å². The minimum absolute atomic E-state index is 0.128. The number of benzene rings is 1. The van der Waals surface area contributed by atoms with E-state index in [9.17, 15) is 19.7 Å². The molecule has 1 aromatic carbocycles. The number of amides is 2. The number of carbonyl (C=O) groups excluding carboxylic acids is 2. The van der Waals surface area contributed by atoms with Crippen LogP contribution < -0.4 is 10.9 Å². The smallest absolute Gasteiger partial charge is 0.275 e. The summed E-state index contributed by atoms with van der Waals surface area (Å²) in [6, 6.07) is 4.97. The first kappa shape index (κ1) is 15.2. The number of hydrogen-bond donors (Lipinski definition) is 2. The highest BCUT2D eigenvalue weighted by molar-refractivity contribution is 6.00. The van der Waals surface area contributed by atoms with Crippen molar-refractivity contribution in [3.05, 3.63) is 57.0 Å². The van der Waals surface area contributed by atoms with E-state index in [-0.39, 0.29) is 16.8 Å². The fourth-order valence-electron chi connectivity index (χ4n) is 1.79. The van der Waals surface area contributed by atoms with Crippen LogP contribution in [-0.4, -0.2) is 21.9 Å². The number of nitro groups is 1. The largest absolute Gasteiger partial charge is 0.361 e. The SMILES string of the molecule is Cc1noc(C)c1C(=O)NNC(=O)c1ccc([N+](=O)[O-])cc1. The van der Waals surface area contributed by atoms with Crippen molar-refractivity contribution in [2.24, 2.45) is 0 Å². The molecule has 0 aliphatic carbocycles. The molecule has 0 saturated heterocycles. The van der Waals surface area contributed by atoms with Crippen LogP contribution in [0.15, 0.2) is 28.8 Å². The Hall–Kier alpha value is -3.23. The van der Waals surface area contributed by atoms with E-state index in [0.717, 1.165) is 0 Å². The van der Waals surface area contributed by atoms with Crippen LogP contribution in [0, 0.1) is 24.0 Å². The molecule has 1 aromatic heterocycles. The first-order chi connectivity index (χ1) is 10.4. The van der Waals surface area contributed by atoms with Gasteiger partial charge in [0.15, 0.2) is 0 Å². The molecule has 2 rings (SSSR count). The summed E-state index contributed by atoms with van der Waals surface area (Å²) >= 11 is 0. The lowest BCUT2D eigenvalue weighted by Crippen LogP contribution is -2.41. The molecule has 114 valence electrons. The highest BCUT2D eigenvalue weighted by atomic mass is 16.6. The average molecular weight is 304 g/mol. The minimum atomic E-state index is -0.602. The Bertz CT molecular complexity index is 716. The highest BCUT2D eigenvalue weighted by Crippen LogP contribution is 2.12. The summed E-state index contributed by atoms with van der Waals surface area (Å²) in [6.07, 6.45) is 0. The molecule has 0 aliphatic rings. The minimum Gasteiger partial charge on any atom is -0.361 e. The zero-order valence-electron chi connectivity index (χ0n) is 11.7. The van der Waals surface area contributed by atoms with Crippen LogP contribution in [0.1, 0.15) is 32.2 Å². The zero-order chi connectivity index (χ0) is 16.3. The van der Waals surface area contributed by atoms with E-state index in [0.29, 0.717) is 11.5 Å². The highest BCUT2D eigenvalue weighted by Gasteiger charge is 2.18. The topological polar surface area (TPSA) is 127 Å². The quantitative estimate of drug-likeness (QED) is 0.649. The van der Waals surface area contributed by atoms with Gasteiger partial charge in [-0.2, -0.15) is 0 Å². The monoisotopic (exact) mass is 304 g/mol. The molecule has 0 aliphatic heterocycles. The van der Waals surface area contributed by atoms with E-state index in [1.807, 2.05) is 0 Å². The van der Waals surface area contributed by atoms with Crippen molar-refractivity contribution in [3.63, 3.8) is 0 Å². The Morgan fingerprint density at radius 2 is 1.73 bits per heavy atom. The molecule has 1 heterocycles. The number of hydrogen-bond acceptors (Lipinski definition) is 6. The Morgan fingerprint density at radius 3 is 2.23 bits per heavy atom. The second-order valence-corrected chi connectivity index (χ2v) is 4.41. The van der Waals surface area contributed by atoms with Crippen molar-refractivity contribution in [2.75, 3.05) is 0 Å². The molecule has 2 N–H and O–H groups in total. The Labute approximate surface area is 124 Å². The second kappa shape index (κ2) is 6.04. The Kier molecular flexibility index (Phi) is 4.16. The van der Waals surface area contributed by atoms with Gasteiger partial charge in [0.2, 0.25) is 0 Å². The molecule has 0 unspecified atom stereocenters. The summed E-state index contributed by atoms with van der Waals surface area (Å²) in [4.78, 5) is 33.7. The molecule has 0 radical (unpaired) electrons. The molecule has 22 heavy (non-hydrogen) atoms. The van der Waals surface area contributed by atoms with Crippen molar-refractivity contribution < 1.29 is 19.0 Å². The third-order valence-electron chi connectivity index (χ3n) is 2.89. The van der Waals surface area contributed by atoms with Crippen LogP contribution >= 0.6 is 0 Å². The van der Waals surface area contributed by atoms with Crippen LogP contribution in [0.4, 0.5) is 5.69 Å². The first-order valence-corrected chi connectivity index (χ1v) is 6.18. The normalized spacial score (nSPS) is 10.1. The maximum atomic E-state index is 11.9. The van der Waals surface area contributed by atoms with Gasteiger partial charge in [-0.25, -0.2) is 0 Å². The van der Waals surface area contributed by atoms with Crippen LogP contribution in [-0.2, 0) is 0 Å². The molecule has 0 bridgehead atoms. The standard InChI is InChI=1S/C13H12N4O5/c1-7-11(8(2)22-16-7)13(19)15-14-12(18)9-3-5-10(6-4-9)17(20)21/h3-6H,1-2H3,(H,14,18)(H,15,19). The van der Waals surface area contributed by atoms with Gasteiger partial charge < -0.3 is 4.52 Å². The third kappa shape index (κ3) is 3.08. The van der Waals surface area contributed by atoms with Gasteiger partial charge in [0.1, 0.15) is 11.3 Å². The molecular weight excluding hydrogens is 292 g/mol. The molecule has 9 heteroatoms. The molecule has 0 atom stereocenters. The molecule has 0 spiro atoms. The number of hydrazine groups is 1. The second-order valence-electron chi connectivity index (χ2n) is 4.41. The number of aryl methyl sites for hydroxylation is 2. The number of aromatic nitrogens is 1. The summed E-state index contributed by atoms with van der Waals surface area (Å²) in [5.41, 5.74) is 5.13. The lowest BCUT2D eigenvalue weighted by Gasteiger charge is -2.06. The van der Waals surface area contributed by atoms with Crippen molar-refractivity contribution in [1.82, 2.24) is 16.0 Å². The van der Waals surface area contributed by atoms with Crippen molar-refractivity contribution in [2.45, 2.75) is 13.8 Å². The number of nitrogens with zero attached hydrogens (tertiary/aromatic N) is 2. The Morgan fingerprint density at radius 1 is 1.14 bits per heavy atom.